The third-order valence-corrected chi connectivity index (χ3v) is 2.94. The van der Waals surface area contributed by atoms with Gasteiger partial charge in [-0.1, -0.05) is 12.1 Å². The van der Waals surface area contributed by atoms with Crippen LogP contribution in [0.25, 0.3) is 0 Å². The number of benzene rings is 1. The van der Waals surface area contributed by atoms with Crippen molar-refractivity contribution >= 4 is 0 Å². The van der Waals surface area contributed by atoms with Crippen LogP contribution in [-0.4, -0.2) is 19.7 Å². The summed E-state index contributed by atoms with van der Waals surface area (Å²) in [4.78, 5) is 0. The van der Waals surface area contributed by atoms with Gasteiger partial charge in [-0.15, -0.1) is 0 Å². The van der Waals surface area contributed by atoms with Crippen LogP contribution >= 0.6 is 0 Å². The SMILES string of the molecule is N#Cc1ccccc1OCC1CCNCC1. The second-order valence-corrected chi connectivity index (χ2v) is 4.11. The molecule has 1 aliphatic rings. The van der Waals surface area contributed by atoms with Gasteiger partial charge in [-0.25, -0.2) is 0 Å². The zero-order valence-electron chi connectivity index (χ0n) is 9.28. The molecule has 1 aromatic rings. The molecule has 1 fully saturated rings. The van der Waals surface area contributed by atoms with E-state index in [1.54, 1.807) is 6.07 Å². The van der Waals surface area contributed by atoms with E-state index in [1.807, 2.05) is 18.2 Å². The molecule has 1 heterocycles. The van der Waals surface area contributed by atoms with E-state index in [4.69, 9.17) is 10.00 Å². The maximum Gasteiger partial charge on any atom is 0.137 e. The van der Waals surface area contributed by atoms with Crippen molar-refractivity contribution in [3.05, 3.63) is 29.8 Å². The van der Waals surface area contributed by atoms with Crippen LogP contribution in [-0.2, 0) is 0 Å². The molecule has 1 N–H and O–H groups in total. The van der Waals surface area contributed by atoms with Gasteiger partial charge < -0.3 is 10.1 Å². The van der Waals surface area contributed by atoms with Crippen molar-refractivity contribution in [1.29, 1.82) is 5.26 Å². The number of nitrogens with one attached hydrogen (secondary N) is 1. The minimum Gasteiger partial charge on any atom is -0.492 e. The Morgan fingerprint density at radius 1 is 1.31 bits per heavy atom. The predicted molar refractivity (Wildman–Crippen MR) is 62.2 cm³/mol. The third-order valence-electron chi connectivity index (χ3n) is 2.94. The van der Waals surface area contributed by atoms with Crippen molar-refractivity contribution in [2.45, 2.75) is 12.8 Å². The average Bonchev–Trinajstić information content (AvgIpc) is 2.38. The maximum absolute atomic E-state index is 8.92. The van der Waals surface area contributed by atoms with Crippen molar-refractivity contribution in [1.82, 2.24) is 5.32 Å². The van der Waals surface area contributed by atoms with E-state index >= 15 is 0 Å². The fraction of sp³-hybridized carbons (Fsp3) is 0.462. The lowest BCUT2D eigenvalue weighted by Crippen LogP contribution is -2.30. The molecule has 0 atom stereocenters. The monoisotopic (exact) mass is 216 g/mol. The number of ether oxygens (including phenoxy) is 1. The Labute approximate surface area is 96.0 Å². The van der Waals surface area contributed by atoms with E-state index in [2.05, 4.69) is 11.4 Å². The molecular weight excluding hydrogens is 200 g/mol. The highest BCUT2D eigenvalue weighted by molar-refractivity contribution is 5.42. The van der Waals surface area contributed by atoms with Crippen LogP contribution in [0.1, 0.15) is 18.4 Å². The van der Waals surface area contributed by atoms with Crippen molar-refractivity contribution in [2.75, 3.05) is 19.7 Å². The van der Waals surface area contributed by atoms with E-state index in [0.717, 1.165) is 32.5 Å². The molecule has 0 saturated carbocycles. The van der Waals surface area contributed by atoms with Gasteiger partial charge in [0.25, 0.3) is 0 Å². The first-order valence-corrected chi connectivity index (χ1v) is 5.73. The molecule has 0 bridgehead atoms. The number of rotatable bonds is 3. The first-order chi connectivity index (χ1) is 7.90. The van der Waals surface area contributed by atoms with Crippen LogP contribution in [0.4, 0.5) is 0 Å². The molecule has 3 heteroatoms. The van der Waals surface area contributed by atoms with Gasteiger partial charge in [0.15, 0.2) is 0 Å². The Hall–Kier alpha value is -1.53. The summed E-state index contributed by atoms with van der Waals surface area (Å²) in [5.41, 5.74) is 0.622. The molecule has 1 aromatic carbocycles. The van der Waals surface area contributed by atoms with Crippen LogP contribution in [0.3, 0.4) is 0 Å². The van der Waals surface area contributed by atoms with Gasteiger partial charge >= 0.3 is 0 Å². The van der Waals surface area contributed by atoms with Crippen LogP contribution in [0.2, 0.25) is 0 Å². The summed E-state index contributed by atoms with van der Waals surface area (Å²) in [6.45, 7) is 2.88. The van der Waals surface area contributed by atoms with Crippen LogP contribution in [0.5, 0.6) is 5.75 Å². The molecule has 84 valence electrons. The predicted octanol–water partition coefficient (Wildman–Crippen LogP) is 1.94. The lowest BCUT2D eigenvalue weighted by Gasteiger charge is -2.22. The van der Waals surface area contributed by atoms with Crippen LogP contribution < -0.4 is 10.1 Å². The van der Waals surface area contributed by atoms with Crippen molar-refractivity contribution in [3.63, 3.8) is 0 Å². The summed E-state index contributed by atoms with van der Waals surface area (Å²) in [6.07, 6.45) is 2.32. The lowest BCUT2D eigenvalue weighted by molar-refractivity contribution is 0.215. The molecule has 0 unspecified atom stereocenters. The fourth-order valence-corrected chi connectivity index (χ4v) is 1.94. The fourth-order valence-electron chi connectivity index (χ4n) is 1.94. The Morgan fingerprint density at radius 2 is 2.06 bits per heavy atom. The van der Waals surface area contributed by atoms with Gasteiger partial charge in [0, 0.05) is 0 Å². The minimum atomic E-state index is 0.619. The van der Waals surface area contributed by atoms with Gasteiger partial charge in [-0.05, 0) is 44.0 Å². The van der Waals surface area contributed by atoms with E-state index in [9.17, 15) is 0 Å². The molecular formula is C13H16N2O. The molecule has 0 spiro atoms. The first kappa shape index (κ1) is 11.0. The summed E-state index contributed by atoms with van der Waals surface area (Å²) in [6, 6.07) is 9.55. The molecule has 16 heavy (non-hydrogen) atoms. The summed E-state index contributed by atoms with van der Waals surface area (Å²) in [5.74, 6) is 1.33. The topological polar surface area (TPSA) is 45.0 Å². The molecule has 3 nitrogen and oxygen atoms in total. The Bertz CT molecular complexity index is 378. The number of hydrogen-bond acceptors (Lipinski definition) is 3. The number of hydrogen-bond donors (Lipinski definition) is 1. The van der Waals surface area contributed by atoms with Gasteiger partial charge in [-0.3, -0.25) is 0 Å². The number of piperidine rings is 1. The van der Waals surface area contributed by atoms with E-state index < -0.39 is 0 Å². The van der Waals surface area contributed by atoms with Crippen molar-refractivity contribution in [2.24, 2.45) is 5.92 Å². The number of nitriles is 1. The van der Waals surface area contributed by atoms with Crippen LogP contribution in [0.15, 0.2) is 24.3 Å². The summed E-state index contributed by atoms with van der Waals surface area (Å²) >= 11 is 0. The normalized spacial score (nSPS) is 16.7. The summed E-state index contributed by atoms with van der Waals surface area (Å²) in [7, 11) is 0. The number of para-hydroxylation sites is 1. The zero-order chi connectivity index (χ0) is 11.2. The minimum absolute atomic E-state index is 0.619. The van der Waals surface area contributed by atoms with Gasteiger partial charge in [0.05, 0.1) is 12.2 Å². The third kappa shape index (κ3) is 2.74. The highest BCUT2D eigenvalue weighted by Gasteiger charge is 2.14. The summed E-state index contributed by atoms with van der Waals surface area (Å²) in [5, 5.41) is 12.2. The lowest BCUT2D eigenvalue weighted by atomic mass is 9.99. The quantitative estimate of drug-likeness (QED) is 0.839. The standard InChI is InChI=1S/C13H16N2O/c14-9-12-3-1-2-4-13(12)16-10-11-5-7-15-8-6-11/h1-4,11,15H,5-8,10H2. The van der Waals surface area contributed by atoms with Crippen molar-refractivity contribution < 1.29 is 4.74 Å². The second-order valence-electron chi connectivity index (χ2n) is 4.11. The molecule has 1 saturated heterocycles. The second kappa shape index (κ2) is 5.53. The summed E-state index contributed by atoms with van der Waals surface area (Å²) < 4.78 is 5.72. The zero-order valence-corrected chi connectivity index (χ0v) is 9.28. The highest BCUT2D eigenvalue weighted by atomic mass is 16.5. The molecule has 0 amide bonds. The van der Waals surface area contributed by atoms with E-state index in [-0.39, 0.29) is 0 Å². The van der Waals surface area contributed by atoms with Gasteiger partial charge in [0.2, 0.25) is 0 Å². The Morgan fingerprint density at radius 3 is 2.81 bits per heavy atom. The average molecular weight is 216 g/mol. The van der Waals surface area contributed by atoms with Gasteiger partial charge in [0.1, 0.15) is 11.8 Å². The molecule has 0 aromatic heterocycles. The number of nitrogens with zero attached hydrogens (tertiary/aromatic N) is 1. The molecule has 2 rings (SSSR count). The van der Waals surface area contributed by atoms with E-state index in [0.29, 0.717) is 17.2 Å². The largest absolute Gasteiger partial charge is 0.492 e. The maximum atomic E-state index is 8.92. The Balaban J connectivity index is 1.91. The smallest absolute Gasteiger partial charge is 0.137 e. The molecule has 0 radical (unpaired) electrons. The van der Waals surface area contributed by atoms with Crippen LogP contribution in [0, 0.1) is 17.2 Å². The highest BCUT2D eigenvalue weighted by Crippen LogP contribution is 2.19. The van der Waals surface area contributed by atoms with Crippen molar-refractivity contribution in [3.8, 4) is 11.8 Å². The molecule has 0 aliphatic carbocycles. The Kier molecular flexibility index (Phi) is 3.79. The first-order valence-electron chi connectivity index (χ1n) is 5.73. The van der Waals surface area contributed by atoms with Gasteiger partial charge in [-0.2, -0.15) is 5.26 Å². The van der Waals surface area contributed by atoms with E-state index in [1.165, 1.54) is 0 Å². The molecule has 1 aliphatic heterocycles.